The highest BCUT2D eigenvalue weighted by atomic mass is 32.1. The second-order valence-electron chi connectivity index (χ2n) is 6.27. The van der Waals surface area contributed by atoms with Crippen molar-refractivity contribution in [1.82, 2.24) is 9.88 Å². The SMILES string of the molecule is COc1ccc(CCC(=O)Nc2nc(CN3CCOCC3)cs2)cc1OC. The summed E-state index contributed by atoms with van der Waals surface area (Å²) >= 11 is 1.46. The number of ether oxygens (including phenoxy) is 3. The predicted octanol–water partition coefficient (Wildman–Crippen LogP) is 2.56. The van der Waals surface area contributed by atoms with Gasteiger partial charge in [0.05, 0.1) is 33.1 Å². The molecule has 1 saturated heterocycles. The van der Waals surface area contributed by atoms with Gasteiger partial charge in [-0.05, 0) is 24.1 Å². The molecule has 27 heavy (non-hydrogen) atoms. The van der Waals surface area contributed by atoms with E-state index in [-0.39, 0.29) is 5.91 Å². The topological polar surface area (TPSA) is 72.9 Å². The highest BCUT2D eigenvalue weighted by Gasteiger charge is 2.13. The van der Waals surface area contributed by atoms with Crippen molar-refractivity contribution in [3.05, 3.63) is 34.8 Å². The number of thiazole rings is 1. The molecule has 2 heterocycles. The van der Waals surface area contributed by atoms with Gasteiger partial charge in [-0.2, -0.15) is 0 Å². The van der Waals surface area contributed by atoms with E-state index in [0.29, 0.717) is 29.5 Å². The maximum Gasteiger partial charge on any atom is 0.226 e. The average molecular weight is 391 g/mol. The van der Waals surface area contributed by atoms with Gasteiger partial charge in [0.1, 0.15) is 0 Å². The lowest BCUT2D eigenvalue weighted by atomic mass is 10.1. The van der Waals surface area contributed by atoms with Crippen molar-refractivity contribution in [2.75, 3.05) is 45.8 Å². The zero-order valence-electron chi connectivity index (χ0n) is 15.7. The van der Waals surface area contributed by atoms with Crippen molar-refractivity contribution < 1.29 is 19.0 Å². The molecule has 146 valence electrons. The average Bonchev–Trinajstić information content (AvgIpc) is 3.13. The molecule has 0 unspecified atom stereocenters. The lowest BCUT2D eigenvalue weighted by Crippen LogP contribution is -2.35. The zero-order valence-corrected chi connectivity index (χ0v) is 16.5. The Kier molecular flexibility index (Phi) is 7.03. The number of benzene rings is 1. The Morgan fingerprint density at radius 1 is 1.26 bits per heavy atom. The van der Waals surface area contributed by atoms with Gasteiger partial charge in [-0.15, -0.1) is 11.3 Å². The number of hydrogen-bond acceptors (Lipinski definition) is 7. The molecule has 2 aromatic rings. The minimum Gasteiger partial charge on any atom is -0.493 e. The predicted molar refractivity (Wildman–Crippen MR) is 105 cm³/mol. The van der Waals surface area contributed by atoms with E-state index in [4.69, 9.17) is 14.2 Å². The molecule has 1 aromatic carbocycles. The van der Waals surface area contributed by atoms with Crippen LogP contribution in [0.4, 0.5) is 5.13 Å². The quantitative estimate of drug-likeness (QED) is 0.746. The van der Waals surface area contributed by atoms with Crippen molar-refractivity contribution in [1.29, 1.82) is 0 Å². The molecular weight excluding hydrogens is 366 g/mol. The van der Waals surface area contributed by atoms with Crippen LogP contribution in [0.25, 0.3) is 0 Å². The number of aromatic nitrogens is 1. The standard InChI is InChI=1S/C19H25N3O4S/c1-24-16-5-3-14(11-17(16)25-2)4-6-18(23)21-19-20-15(13-27-19)12-22-7-9-26-10-8-22/h3,5,11,13H,4,6-10,12H2,1-2H3,(H,20,21,23). The third kappa shape index (κ3) is 5.66. The molecule has 1 amide bonds. The van der Waals surface area contributed by atoms with E-state index >= 15 is 0 Å². The number of rotatable bonds is 8. The molecule has 8 heteroatoms. The number of methoxy groups -OCH3 is 2. The van der Waals surface area contributed by atoms with E-state index in [9.17, 15) is 4.79 Å². The van der Waals surface area contributed by atoms with E-state index < -0.39 is 0 Å². The van der Waals surface area contributed by atoms with Crippen LogP contribution in [0.5, 0.6) is 11.5 Å². The fourth-order valence-corrected chi connectivity index (χ4v) is 3.62. The molecule has 7 nitrogen and oxygen atoms in total. The van der Waals surface area contributed by atoms with Crippen LogP contribution >= 0.6 is 11.3 Å². The number of anilines is 1. The molecule has 1 aliphatic rings. The molecule has 1 N–H and O–H groups in total. The van der Waals surface area contributed by atoms with Gasteiger partial charge in [-0.1, -0.05) is 6.07 Å². The first kappa shape index (κ1) is 19.6. The number of nitrogens with one attached hydrogen (secondary N) is 1. The number of carbonyl (C=O) groups is 1. The zero-order chi connectivity index (χ0) is 19.1. The van der Waals surface area contributed by atoms with Crippen molar-refractivity contribution >= 4 is 22.4 Å². The molecule has 0 atom stereocenters. The minimum atomic E-state index is -0.0444. The summed E-state index contributed by atoms with van der Waals surface area (Å²) in [6.45, 7) is 4.17. The third-order valence-corrected chi connectivity index (χ3v) is 5.18. The molecular formula is C19H25N3O4S. The van der Waals surface area contributed by atoms with Gasteiger partial charge < -0.3 is 19.5 Å². The minimum absolute atomic E-state index is 0.0444. The van der Waals surface area contributed by atoms with Gasteiger partial charge in [0.25, 0.3) is 0 Å². The summed E-state index contributed by atoms with van der Waals surface area (Å²) in [4.78, 5) is 19.1. The summed E-state index contributed by atoms with van der Waals surface area (Å²) in [5.41, 5.74) is 2.01. The van der Waals surface area contributed by atoms with Gasteiger partial charge in [-0.3, -0.25) is 9.69 Å². The Hall–Kier alpha value is -2.16. The number of carbonyl (C=O) groups excluding carboxylic acids is 1. The summed E-state index contributed by atoms with van der Waals surface area (Å²) in [6.07, 6.45) is 1.01. The van der Waals surface area contributed by atoms with E-state index in [1.54, 1.807) is 14.2 Å². The van der Waals surface area contributed by atoms with Crippen LogP contribution < -0.4 is 14.8 Å². The van der Waals surface area contributed by atoms with E-state index in [0.717, 1.165) is 44.1 Å². The van der Waals surface area contributed by atoms with Crippen LogP contribution in [0, 0.1) is 0 Å². The first-order chi connectivity index (χ1) is 13.2. The van der Waals surface area contributed by atoms with Crippen LogP contribution in [0.2, 0.25) is 0 Å². The second-order valence-corrected chi connectivity index (χ2v) is 7.13. The Morgan fingerprint density at radius 2 is 2.04 bits per heavy atom. The van der Waals surface area contributed by atoms with Gasteiger partial charge in [0, 0.05) is 31.4 Å². The molecule has 3 rings (SSSR count). The Balaban J connectivity index is 1.48. The lowest BCUT2D eigenvalue weighted by Gasteiger charge is -2.25. The van der Waals surface area contributed by atoms with Crippen LogP contribution in [-0.2, 0) is 22.5 Å². The van der Waals surface area contributed by atoms with Gasteiger partial charge in [0.15, 0.2) is 16.6 Å². The summed E-state index contributed by atoms with van der Waals surface area (Å²) in [6, 6.07) is 5.69. The number of aryl methyl sites for hydroxylation is 1. The van der Waals surface area contributed by atoms with Gasteiger partial charge >= 0.3 is 0 Å². The number of morpholine rings is 1. The van der Waals surface area contributed by atoms with Crippen LogP contribution in [0.3, 0.4) is 0 Å². The first-order valence-corrected chi connectivity index (χ1v) is 9.81. The van der Waals surface area contributed by atoms with E-state index in [2.05, 4.69) is 15.2 Å². The number of amides is 1. The third-order valence-electron chi connectivity index (χ3n) is 4.38. The summed E-state index contributed by atoms with van der Waals surface area (Å²) in [5, 5.41) is 5.54. The van der Waals surface area contributed by atoms with Gasteiger partial charge in [-0.25, -0.2) is 4.98 Å². The maximum atomic E-state index is 12.2. The summed E-state index contributed by atoms with van der Waals surface area (Å²) in [7, 11) is 3.21. The van der Waals surface area contributed by atoms with Crippen molar-refractivity contribution in [3.8, 4) is 11.5 Å². The Bertz CT molecular complexity index is 759. The molecule has 0 bridgehead atoms. The highest BCUT2D eigenvalue weighted by molar-refractivity contribution is 7.13. The van der Waals surface area contributed by atoms with Gasteiger partial charge in [0.2, 0.25) is 5.91 Å². The van der Waals surface area contributed by atoms with E-state index in [1.807, 2.05) is 23.6 Å². The maximum absolute atomic E-state index is 12.2. The Morgan fingerprint density at radius 3 is 2.78 bits per heavy atom. The second kappa shape index (κ2) is 9.68. The van der Waals surface area contributed by atoms with Crippen LogP contribution in [0.15, 0.2) is 23.6 Å². The van der Waals surface area contributed by atoms with Crippen LogP contribution in [0.1, 0.15) is 17.7 Å². The molecule has 0 spiro atoms. The fraction of sp³-hybridized carbons (Fsp3) is 0.474. The summed E-state index contributed by atoms with van der Waals surface area (Å²) < 4.78 is 15.9. The lowest BCUT2D eigenvalue weighted by molar-refractivity contribution is -0.116. The van der Waals surface area contributed by atoms with Crippen molar-refractivity contribution in [2.45, 2.75) is 19.4 Å². The highest BCUT2D eigenvalue weighted by Crippen LogP contribution is 2.28. The largest absolute Gasteiger partial charge is 0.493 e. The molecule has 1 aromatic heterocycles. The van der Waals surface area contributed by atoms with Crippen molar-refractivity contribution in [2.24, 2.45) is 0 Å². The normalized spacial score (nSPS) is 14.7. The molecule has 1 aliphatic heterocycles. The monoisotopic (exact) mass is 391 g/mol. The summed E-state index contributed by atoms with van der Waals surface area (Å²) in [5.74, 6) is 1.31. The van der Waals surface area contributed by atoms with E-state index in [1.165, 1.54) is 11.3 Å². The molecule has 0 aliphatic carbocycles. The fourth-order valence-electron chi connectivity index (χ4n) is 2.90. The number of nitrogens with zero attached hydrogens (tertiary/aromatic N) is 2. The van der Waals surface area contributed by atoms with Crippen LogP contribution in [-0.4, -0.2) is 56.3 Å². The first-order valence-electron chi connectivity index (χ1n) is 8.93. The molecule has 1 fully saturated rings. The van der Waals surface area contributed by atoms with Crippen molar-refractivity contribution in [3.63, 3.8) is 0 Å². The Labute approximate surface area is 163 Å². The molecule has 0 radical (unpaired) electrons. The smallest absolute Gasteiger partial charge is 0.226 e. The molecule has 0 saturated carbocycles. The number of hydrogen-bond donors (Lipinski definition) is 1.